The summed E-state index contributed by atoms with van der Waals surface area (Å²) in [6.07, 6.45) is 0. The molecule has 0 atom stereocenters. The molecule has 1 saturated heterocycles. The van der Waals surface area contributed by atoms with Crippen molar-refractivity contribution in [3.8, 4) is 11.5 Å². The molecule has 3 aromatic carbocycles. The minimum Gasteiger partial charge on any atom is -0.531 e. The van der Waals surface area contributed by atoms with Crippen molar-refractivity contribution in [3.63, 3.8) is 0 Å². The molecule has 0 bridgehead atoms. The maximum Gasteiger partial charge on any atom is 0.320 e. The van der Waals surface area contributed by atoms with Gasteiger partial charge in [-0.3, -0.25) is 0 Å². The van der Waals surface area contributed by atoms with E-state index in [4.69, 9.17) is 9.16 Å². The summed E-state index contributed by atoms with van der Waals surface area (Å²) < 4.78 is 13.5. The van der Waals surface area contributed by atoms with Crippen LogP contribution >= 0.6 is 23.5 Å². The number of hydrogen-bond acceptors (Lipinski definition) is 4. The molecular formula is C26H30O2S2Si. The second-order valence-electron chi connectivity index (χ2n) is 8.75. The average molecular weight is 467 g/mol. The molecule has 0 spiro atoms. The highest BCUT2D eigenvalue weighted by molar-refractivity contribution is 8.19. The SMILES string of the molecule is COc1cc(C2SCCS2)ccc1O[Si](c1ccccc1)(c1ccccc1)C(C)(C)C. The van der Waals surface area contributed by atoms with E-state index in [1.54, 1.807) is 7.11 Å². The Bertz CT molecular complexity index is 957. The van der Waals surface area contributed by atoms with Gasteiger partial charge in [-0.2, -0.15) is 0 Å². The van der Waals surface area contributed by atoms with Crippen LogP contribution < -0.4 is 19.5 Å². The summed E-state index contributed by atoms with van der Waals surface area (Å²) in [5, 5.41) is 2.44. The van der Waals surface area contributed by atoms with E-state index in [1.165, 1.54) is 27.4 Å². The van der Waals surface area contributed by atoms with E-state index >= 15 is 0 Å². The van der Waals surface area contributed by atoms with Crippen molar-refractivity contribution < 1.29 is 9.16 Å². The molecule has 1 heterocycles. The average Bonchev–Trinajstić information content (AvgIpc) is 3.33. The number of hydrogen-bond donors (Lipinski definition) is 0. The lowest BCUT2D eigenvalue weighted by Crippen LogP contribution is -2.68. The Kier molecular flexibility index (Phi) is 6.75. The molecule has 0 aromatic heterocycles. The lowest BCUT2D eigenvalue weighted by atomic mass is 10.2. The Morgan fingerprint density at radius 2 is 1.32 bits per heavy atom. The van der Waals surface area contributed by atoms with Gasteiger partial charge >= 0.3 is 8.32 Å². The maximum atomic E-state index is 7.18. The topological polar surface area (TPSA) is 18.5 Å². The van der Waals surface area contributed by atoms with E-state index < -0.39 is 8.32 Å². The zero-order valence-electron chi connectivity index (χ0n) is 18.6. The van der Waals surface area contributed by atoms with Crippen LogP contribution in [0.25, 0.3) is 0 Å². The minimum atomic E-state index is -2.68. The van der Waals surface area contributed by atoms with Gasteiger partial charge < -0.3 is 9.16 Å². The first-order valence-corrected chi connectivity index (χ1v) is 14.7. The largest absolute Gasteiger partial charge is 0.531 e. The van der Waals surface area contributed by atoms with Crippen LogP contribution in [-0.4, -0.2) is 26.9 Å². The van der Waals surface area contributed by atoms with Gasteiger partial charge in [0.1, 0.15) is 5.75 Å². The van der Waals surface area contributed by atoms with Crippen LogP contribution in [0, 0.1) is 0 Å². The fraction of sp³-hybridized carbons (Fsp3) is 0.308. The molecule has 1 fully saturated rings. The highest BCUT2D eigenvalue weighted by Gasteiger charge is 2.52. The predicted molar refractivity (Wildman–Crippen MR) is 139 cm³/mol. The third-order valence-electron chi connectivity index (χ3n) is 5.76. The molecule has 0 N–H and O–H groups in total. The summed E-state index contributed by atoms with van der Waals surface area (Å²) in [5.74, 6) is 4.06. The molecule has 3 aromatic rings. The molecule has 0 unspecified atom stereocenters. The minimum absolute atomic E-state index is 0.0868. The third kappa shape index (κ3) is 4.41. The highest BCUT2D eigenvalue weighted by Crippen LogP contribution is 2.47. The molecule has 1 aliphatic rings. The van der Waals surface area contributed by atoms with Crippen molar-refractivity contribution in [2.24, 2.45) is 0 Å². The van der Waals surface area contributed by atoms with Gasteiger partial charge in [0.05, 0.1) is 11.7 Å². The van der Waals surface area contributed by atoms with Crippen molar-refractivity contribution in [1.29, 1.82) is 0 Å². The van der Waals surface area contributed by atoms with Crippen LogP contribution in [0.5, 0.6) is 11.5 Å². The van der Waals surface area contributed by atoms with Crippen molar-refractivity contribution >= 4 is 42.2 Å². The first kappa shape index (κ1) is 22.4. The van der Waals surface area contributed by atoms with E-state index in [0.29, 0.717) is 4.58 Å². The van der Waals surface area contributed by atoms with Crippen LogP contribution in [0.3, 0.4) is 0 Å². The van der Waals surface area contributed by atoms with Gasteiger partial charge in [0.25, 0.3) is 0 Å². The number of methoxy groups -OCH3 is 1. The lowest BCUT2D eigenvalue weighted by molar-refractivity contribution is 0.388. The summed E-state index contributed by atoms with van der Waals surface area (Å²) in [6, 6.07) is 28.0. The van der Waals surface area contributed by atoms with E-state index in [1.807, 2.05) is 23.5 Å². The molecule has 0 amide bonds. The molecule has 31 heavy (non-hydrogen) atoms. The van der Waals surface area contributed by atoms with Crippen LogP contribution in [0.4, 0.5) is 0 Å². The number of ether oxygens (including phenoxy) is 1. The zero-order chi connectivity index (χ0) is 21.9. The highest BCUT2D eigenvalue weighted by atomic mass is 32.2. The molecule has 2 nitrogen and oxygen atoms in total. The Labute approximate surface area is 195 Å². The monoisotopic (exact) mass is 466 g/mol. The van der Waals surface area contributed by atoms with Crippen LogP contribution in [0.2, 0.25) is 5.04 Å². The first-order valence-electron chi connectivity index (χ1n) is 10.7. The van der Waals surface area contributed by atoms with E-state index in [-0.39, 0.29) is 5.04 Å². The second kappa shape index (κ2) is 9.35. The quantitative estimate of drug-likeness (QED) is 0.408. The van der Waals surface area contributed by atoms with E-state index in [9.17, 15) is 0 Å². The molecular weight excluding hydrogens is 437 g/mol. The van der Waals surface area contributed by atoms with Gasteiger partial charge in [-0.1, -0.05) is 87.5 Å². The van der Waals surface area contributed by atoms with E-state index in [0.717, 1.165) is 11.5 Å². The molecule has 0 saturated carbocycles. The fourth-order valence-electron chi connectivity index (χ4n) is 4.28. The van der Waals surface area contributed by atoms with Gasteiger partial charge in [-0.25, -0.2) is 0 Å². The Balaban J connectivity index is 1.85. The summed E-state index contributed by atoms with van der Waals surface area (Å²) in [6.45, 7) is 6.89. The summed E-state index contributed by atoms with van der Waals surface area (Å²) >= 11 is 4.01. The van der Waals surface area contributed by atoms with Gasteiger partial charge in [-0.15, -0.1) is 23.5 Å². The van der Waals surface area contributed by atoms with E-state index in [2.05, 4.69) is 99.6 Å². The predicted octanol–water partition coefficient (Wildman–Crippen LogP) is 6.11. The van der Waals surface area contributed by atoms with Crippen LogP contribution in [0.1, 0.15) is 30.9 Å². The van der Waals surface area contributed by atoms with Gasteiger partial charge in [-0.05, 0) is 33.1 Å². The molecule has 0 radical (unpaired) electrons. The zero-order valence-corrected chi connectivity index (χ0v) is 21.3. The molecule has 5 heteroatoms. The van der Waals surface area contributed by atoms with Crippen molar-refractivity contribution in [3.05, 3.63) is 84.4 Å². The summed E-state index contributed by atoms with van der Waals surface area (Å²) in [7, 11) is -0.935. The first-order chi connectivity index (χ1) is 15.0. The molecule has 0 aliphatic carbocycles. The van der Waals surface area contributed by atoms with Gasteiger partial charge in [0, 0.05) is 11.5 Å². The summed E-state index contributed by atoms with van der Waals surface area (Å²) in [5.41, 5.74) is 1.30. The molecule has 1 aliphatic heterocycles. The van der Waals surface area contributed by atoms with Gasteiger partial charge in [0.2, 0.25) is 0 Å². The van der Waals surface area contributed by atoms with Crippen molar-refractivity contribution in [2.45, 2.75) is 30.4 Å². The number of rotatable bonds is 6. The standard InChI is InChI=1S/C26H30O2S2Si/c1-26(2,3)31(21-11-7-5-8-12-21,22-13-9-6-10-14-22)28-23-16-15-20(19-24(23)27-4)25-29-17-18-30-25/h5-16,19,25H,17-18H2,1-4H3. The maximum absolute atomic E-state index is 7.18. The second-order valence-corrected chi connectivity index (χ2v) is 15.7. The lowest BCUT2D eigenvalue weighted by Gasteiger charge is -2.43. The number of thioether (sulfide) groups is 2. The Morgan fingerprint density at radius 1 is 0.774 bits per heavy atom. The molecule has 162 valence electrons. The smallest absolute Gasteiger partial charge is 0.320 e. The van der Waals surface area contributed by atoms with Crippen LogP contribution in [-0.2, 0) is 0 Å². The van der Waals surface area contributed by atoms with Gasteiger partial charge in [0.15, 0.2) is 5.75 Å². The van der Waals surface area contributed by atoms with Crippen molar-refractivity contribution in [1.82, 2.24) is 0 Å². The normalized spacial score (nSPS) is 15.1. The fourth-order valence-corrected chi connectivity index (χ4v) is 11.5. The Hall–Kier alpha value is -1.82. The number of benzene rings is 3. The van der Waals surface area contributed by atoms with Crippen molar-refractivity contribution in [2.75, 3.05) is 18.6 Å². The third-order valence-corrected chi connectivity index (χ3v) is 13.8. The Morgan fingerprint density at radius 3 is 1.81 bits per heavy atom. The van der Waals surface area contributed by atoms with Crippen LogP contribution in [0.15, 0.2) is 78.9 Å². The summed E-state index contributed by atoms with van der Waals surface area (Å²) in [4.78, 5) is 0. The molecule has 4 rings (SSSR count).